The average Bonchev–Trinajstić information content (AvgIpc) is 3.14. The van der Waals surface area contributed by atoms with Gasteiger partial charge in [0.25, 0.3) is 5.91 Å². The van der Waals surface area contributed by atoms with Gasteiger partial charge in [0.1, 0.15) is 17.6 Å². The van der Waals surface area contributed by atoms with Crippen LogP contribution in [0.4, 0.5) is 4.39 Å². The average molecular weight is 473 g/mol. The predicted molar refractivity (Wildman–Crippen MR) is 121 cm³/mol. The van der Waals surface area contributed by atoms with E-state index in [1.165, 1.54) is 12.1 Å². The molecule has 6 rings (SSSR count). The maximum atomic E-state index is 13.5. The van der Waals surface area contributed by atoms with E-state index >= 15 is 0 Å². The Hall–Kier alpha value is -2.68. The van der Waals surface area contributed by atoms with Crippen LogP contribution in [0.3, 0.4) is 0 Å². The zero-order chi connectivity index (χ0) is 23.2. The molecule has 0 spiro atoms. The molecule has 1 saturated heterocycles. The third kappa shape index (κ3) is 4.30. The second-order valence-electron chi connectivity index (χ2n) is 9.45. The molecule has 3 N–H and O–H groups in total. The van der Waals surface area contributed by atoms with Crippen molar-refractivity contribution in [1.82, 2.24) is 21.1 Å². The quantitative estimate of drug-likeness (QED) is 0.577. The first kappa shape index (κ1) is 22.1. The molecule has 2 bridgehead atoms. The first-order chi connectivity index (χ1) is 15.8. The molecule has 3 saturated carbocycles. The van der Waals surface area contributed by atoms with E-state index < -0.39 is 5.82 Å². The summed E-state index contributed by atoms with van der Waals surface area (Å²) in [6.45, 7) is -0.207. The van der Waals surface area contributed by atoms with E-state index in [9.17, 15) is 14.0 Å². The number of amides is 2. The Morgan fingerprint density at radius 2 is 1.85 bits per heavy atom. The molecule has 33 heavy (non-hydrogen) atoms. The number of ether oxygens (including phenoxy) is 1. The molecule has 9 heteroatoms. The zero-order valence-corrected chi connectivity index (χ0v) is 19.0. The number of nitrogens with one attached hydrogen (secondary N) is 3. The minimum absolute atomic E-state index is 0.00294. The number of hydrogen-bond donors (Lipinski definition) is 3. The molecule has 174 valence electrons. The van der Waals surface area contributed by atoms with Crippen LogP contribution in [0.5, 0.6) is 5.75 Å². The zero-order valence-electron chi connectivity index (χ0n) is 18.2. The minimum Gasteiger partial charge on any atom is -0.484 e. The molecule has 7 nitrogen and oxygen atoms in total. The summed E-state index contributed by atoms with van der Waals surface area (Å²) < 4.78 is 18.8. The van der Waals surface area contributed by atoms with Crippen molar-refractivity contribution in [2.45, 2.75) is 48.8 Å². The second-order valence-corrected chi connectivity index (χ2v) is 9.85. The van der Waals surface area contributed by atoms with Crippen molar-refractivity contribution in [1.29, 1.82) is 0 Å². The fraction of sp³-hybridized carbons (Fsp3) is 0.417. The van der Waals surface area contributed by atoms with E-state index in [4.69, 9.17) is 16.3 Å². The number of halogens is 2. The number of rotatable bonds is 7. The molecule has 2 atom stereocenters. The van der Waals surface area contributed by atoms with E-state index in [-0.39, 0.29) is 52.4 Å². The summed E-state index contributed by atoms with van der Waals surface area (Å²) in [5.74, 6) is -0.604. The molecule has 4 fully saturated rings. The third-order valence-corrected chi connectivity index (χ3v) is 7.18. The summed E-state index contributed by atoms with van der Waals surface area (Å²) in [5.41, 5.74) is 4.01. The van der Waals surface area contributed by atoms with Gasteiger partial charge in [-0.1, -0.05) is 41.9 Å². The molecule has 0 radical (unpaired) electrons. The van der Waals surface area contributed by atoms with Crippen LogP contribution >= 0.6 is 11.6 Å². The molecular formula is C24H26ClFN4O3. The van der Waals surface area contributed by atoms with E-state index in [0.717, 1.165) is 11.6 Å². The Bertz CT molecular complexity index is 1060. The van der Waals surface area contributed by atoms with Crippen LogP contribution in [0.25, 0.3) is 0 Å². The lowest BCUT2D eigenvalue weighted by Crippen LogP contribution is -2.84. The molecule has 3 aliphatic carbocycles. The van der Waals surface area contributed by atoms with Crippen LogP contribution in [0.15, 0.2) is 48.5 Å². The number of hydrazine groups is 1. The standard InChI is InChI=1S/C24H26ClFN4O3/c1-30-20(10-19(29-30)15-5-3-2-4-6-15)22(32)28-24-12-23(13-24,14-24)27-21(31)11-33-16-7-8-17(25)18(26)9-16/h2-9,19-20,29H,10-14H2,1H3,(H,27,31)(H,28,32). The number of benzene rings is 2. The van der Waals surface area contributed by atoms with Crippen LogP contribution < -0.4 is 20.8 Å². The van der Waals surface area contributed by atoms with E-state index in [2.05, 4.69) is 28.2 Å². The van der Waals surface area contributed by atoms with Gasteiger partial charge in [-0.15, -0.1) is 0 Å². The second kappa shape index (κ2) is 8.27. The van der Waals surface area contributed by atoms with Crippen molar-refractivity contribution in [2.75, 3.05) is 13.7 Å². The summed E-state index contributed by atoms with van der Waals surface area (Å²) in [5, 5.41) is 8.10. The summed E-state index contributed by atoms with van der Waals surface area (Å²) in [4.78, 5) is 25.3. The molecule has 2 aromatic rings. The SMILES string of the molecule is CN1NC(c2ccccc2)CC1C(=O)NC12CC(NC(=O)COc3ccc(Cl)c(F)c3)(C1)C2. The van der Waals surface area contributed by atoms with Gasteiger partial charge >= 0.3 is 0 Å². The van der Waals surface area contributed by atoms with Gasteiger partial charge in [-0.2, -0.15) is 0 Å². The largest absolute Gasteiger partial charge is 0.484 e. The molecule has 4 aliphatic rings. The van der Waals surface area contributed by atoms with Crippen LogP contribution in [0.1, 0.15) is 37.3 Å². The van der Waals surface area contributed by atoms with E-state index in [0.29, 0.717) is 25.7 Å². The van der Waals surface area contributed by atoms with Crippen molar-refractivity contribution in [2.24, 2.45) is 0 Å². The van der Waals surface area contributed by atoms with Gasteiger partial charge in [0.05, 0.1) is 5.02 Å². The topological polar surface area (TPSA) is 82.7 Å². The minimum atomic E-state index is -0.593. The number of likely N-dealkylation sites (N-methyl/N-ethyl adjacent to an activating group) is 1. The summed E-state index contributed by atoms with van der Waals surface area (Å²) in [7, 11) is 1.89. The highest BCUT2D eigenvalue weighted by molar-refractivity contribution is 6.30. The maximum Gasteiger partial charge on any atom is 0.258 e. The number of hydrogen-bond acceptors (Lipinski definition) is 5. The molecular weight excluding hydrogens is 447 g/mol. The lowest BCUT2D eigenvalue weighted by molar-refractivity contribution is -0.152. The van der Waals surface area contributed by atoms with Crippen molar-refractivity contribution in [3.8, 4) is 5.75 Å². The van der Waals surface area contributed by atoms with Gasteiger partial charge < -0.3 is 15.4 Å². The van der Waals surface area contributed by atoms with Crippen LogP contribution in [0, 0.1) is 5.82 Å². The Morgan fingerprint density at radius 1 is 1.15 bits per heavy atom. The molecule has 1 aliphatic heterocycles. The Balaban J connectivity index is 1.08. The van der Waals surface area contributed by atoms with E-state index in [1.807, 2.05) is 30.3 Å². The van der Waals surface area contributed by atoms with Gasteiger partial charge in [-0.25, -0.2) is 14.8 Å². The van der Waals surface area contributed by atoms with Crippen molar-refractivity contribution >= 4 is 23.4 Å². The Labute approximate surface area is 196 Å². The van der Waals surface area contributed by atoms with Gasteiger partial charge in [-0.05, 0) is 43.4 Å². The number of carbonyl (C=O) groups excluding carboxylic acids is 2. The highest BCUT2D eigenvalue weighted by atomic mass is 35.5. The number of carbonyl (C=O) groups is 2. The van der Waals surface area contributed by atoms with Gasteiger partial charge in [0.15, 0.2) is 6.61 Å². The monoisotopic (exact) mass is 472 g/mol. The summed E-state index contributed by atoms with van der Waals surface area (Å²) >= 11 is 5.65. The van der Waals surface area contributed by atoms with Crippen LogP contribution in [-0.4, -0.2) is 47.6 Å². The predicted octanol–water partition coefficient (Wildman–Crippen LogP) is 2.72. The van der Waals surface area contributed by atoms with Crippen LogP contribution in [-0.2, 0) is 9.59 Å². The highest BCUT2D eigenvalue weighted by Crippen LogP contribution is 2.60. The first-order valence-corrected chi connectivity index (χ1v) is 11.4. The third-order valence-electron chi connectivity index (χ3n) is 6.87. The van der Waals surface area contributed by atoms with Gasteiger partial charge in [0.2, 0.25) is 5.91 Å². The maximum absolute atomic E-state index is 13.5. The molecule has 0 aromatic heterocycles. The fourth-order valence-electron chi connectivity index (χ4n) is 5.39. The molecule has 1 heterocycles. The Morgan fingerprint density at radius 3 is 2.55 bits per heavy atom. The highest BCUT2D eigenvalue weighted by Gasteiger charge is 2.69. The lowest BCUT2D eigenvalue weighted by Gasteiger charge is -2.70. The summed E-state index contributed by atoms with van der Waals surface area (Å²) in [6.07, 6.45) is 2.82. The van der Waals surface area contributed by atoms with Crippen molar-refractivity contribution < 1.29 is 18.7 Å². The van der Waals surface area contributed by atoms with E-state index in [1.54, 1.807) is 0 Å². The van der Waals surface area contributed by atoms with Gasteiger partial charge in [-0.3, -0.25) is 9.59 Å². The van der Waals surface area contributed by atoms with Crippen molar-refractivity contribution in [3.05, 3.63) is 64.9 Å². The fourth-order valence-corrected chi connectivity index (χ4v) is 5.51. The first-order valence-electron chi connectivity index (χ1n) is 11.0. The Kier molecular flexibility index (Phi) is 5.55. The van der Waals surface area contributed by atoms with Gasteiger partial charge in [0, 0.05) is 30.2 Å². The summed E-state index contributed by atoms with van der Waals surface area (Å²) in [6, 6.07) is 14.0. The smallest absolute Gasteiger partial charge is 0.258 e. The molecule has 2 aromatic carbocycles. The van der Waals surface area contributed by atoms with Crippen LogP contribution in [0.2, 0.25) is 5.02 Å². The normalized spacial score (nSPS) is 30.2. The molecule has 2 unspecified atom stereocenters. The number of nitrogens with zero attached hydrogens (tertiary/aromatic N) is 1. The molecule has 2 amide bonds. The lowest BCUT2D eigenvalue weighted by atomic mass is 9.44. The van der Waals surface area contributed by atoms with Crippen molar-refractivity contribution in [3.63, 3.8) is 0 Å².